The lowest BCUT2D eigenvalue weighted by atomic mass is 10.0. The van der Waals surface area contributed by atoms with Crippen LogP contribution < -0.4 is 5.32 Å². The number of aromatic amines is 1. The molecule has 0 radical (unpaired) electrons. The summed E-state index contributed by atoms with van der Waals surface area (Å²) in [5.41, 5.74) is 1.12. The molecule has 2 aromatic heterocycles. The molecule has 1 aliphatic rings. The first-order valence-electron chi connectivity index (χ1n) is 10.9. The van der Waals surface area contributed by atoms with Crippen LogP contribution in [0.2, 0.25) is 0 Å². The normalized spacial score (nSPS) is 15.2. The Morgan fingerprint density at radius 1 is 1.24 bits per heavy atom. The molecule has 3 heterocycles. The number of amides is 2. The number of anilines is 1. The van der Waals surface area contributed by atoms with E-state index in [4.69, 9.17) is 4.74 Å². The summed E-state index contributed by atoms with van der Waals surface area (Å²) in [6, 6.07) is 11.2. The number of carbonyl (C=O) groups excluding carboxylic acids is 2. The number of nitrogens with one attached hydrogen (secondary N) is 2. The first-order valence-corrected chi connectivity index (χ1v) is 10.9. The van der Waals surface area contributed by atoms with Gasteiger partial charge in [-0.25, -0.2) is 9.18 Å². The molecule has 1 atom stereocenters. The summed E-state index contributed by atoms with van der Waals surface area (Å²) in [6.07, 6.45) is 0.586. The van der Waals surface area contributed by atoms with Crippen LogP contribution in [0.3, 0.4) is 0 Å². The highest BCUT2D eigenvalue weighted by Crippen LogP contribution is 2.41. The molecule has 178 valence electrons. The van der Waals surface area contributed by atoms with Gasteiger partial charge in [-0.1, -0.05) is 18.2 Å². The Morgan fingerprint density at radius 3 is 2.65 bits per heavy atom. The van der Waals surface area contributed by atoms with Gasteiger partial charge in [0.05, 0.1) is 29.0 Å². The van der Waals surface area contributed by atoms with Crippen LogP contribution in [0.25, 0.3) is 0 Å². The predicted octanol–water partition coefficient (Wildman–Crippen LogP) is 3.69. The Bertz CT molecular complexity index is 1190. The molecule has 0 saturated carbocycles. The standard InChI is InChI=1S/C24H27FN6O3/c1-24(2)20-16(21(29-28-20)27-22(32)15-9-5-6-10-17(15)25)13-31(24)23(33)34-19(14-30(3)4)18-11-7-8-12-26-18/h5-12,19H,13-14H2,1-4H3,(H2,27,28,29,32). The van der Waals surface area contributed by atoms with Crippen molar-refractivity contribution in [3.63, 3.8) is 0 Å². The van der Waals surface area contributed by atoms with Crippen LogP contribution in [0.5, 0.6) is 0 Å². The summed E-state index contributed by atoms with van der Waals surface area (Å²) in [7, 11) is 3.79. The Morgan fingerprint density at radius 2 is 1.97 bits per heavy atom. The Kier molecular flexibility index (Phi) is 6.34. The van der Waals surface area contributed by atoms with Crippen molar-refractivity contribution in [3.8, 4) is 0 Å². The fraction of sp³-hybridized carbons (Fsp3) is 0.333. The van der Waals surface area contributed by atoms with E-state index in [0.717, 1.165) is 0 Å². The van der Waals surface area contributed by atoms with Crippen LogP contribution in [0.1, 0.15) is 47.3 Å². The second kappa shape index (κ2) is 9.22. The van der Waals surface area contributed by atoms with Crippen molar-refractivity contribution in [1.82, 2.24) is 25.0 Å². The lowest BCUT2D eigenvalue weighted by molar-refractivity contribution is 0.0244. The number of ether oxygens (including phenoxy) is 1. The number of hydrogen-bond donors (Lipinski definition) is 2. The third-order valence-corrected chi connectivity index (χ3v) is 5.83. The number of likely N-dealkylation sites (N-methyl/N-ethyl adjacent to an activating group) is 1. The molecule has 0 spiro atoms. The molecule has 1 aliphatic heterocycles. The van der Waals surface area contributed by atoms with E-state index < -0.39 is 29.5 Å². The van der Waals surface area contributed by atoms with Gasteiger partial charge in [-0.05, 0) is 52.2 Å². The molecule has 2 amide bonds. The number of pyridine rings is 1. The highest BCUT2D eigenvalue weighted by molar-refractivity contribution is 6.04. The van der Waals surface area contributed by atoms with Crippen LogP contribution in [-0.2, 0) is 16.8 Å². The van der Waals surface area contributed by atoms with Gasteiger partial charge in [-0.3, -0.25) is 19.8 Å². The number of nitrogens with zero attached hydrogens (tertiary/aromatic N) is 4. The summed E-state index contributed by atoms with van der Waals surface area (Å²) in [4.78, 5) is 33.7. The quantitative estimate of drug-likeness (QED) is 0.574. The Balaban J connectivity index is 1.53. The number of carbonyl (C=O) groups is 2. The minimum absolute atomic E-state index is 0.0883. The summed E-state index contributed by atoms with van der Waals surface area (Å²) in [6.45, 7) is 4.36. The zero-order chi connectivity index (χ0) is 24.5. The van der Waals surface area contributed by atoms with Crippen molar-refractivity contribution in [2.24, 2.45) is 0 Å². The van der Waals surface area contributed by atoms with E-state index in [1.807, 2.05) is 45.0 Å². The molecule has 0 saturated heterocycles. The van der Waals surface area contributed by atoms with E-state index in [9.17, 15) is 14.0 Å². The number of fused-ring (bicyclic) bond motifs is 1. The van der Waals surface area contributed by atoms with Crippen molar-refractivity contribution in [2.45, 2.75) is 32.0 Å². The molecule has 0 fully saturated rings. The van der Waals surface area contributed by atoms with Crippen molar-refractivity contribution < 1.29 is 18.7 Å². The van der Waals surface area contributed by atoms with Crippen molar-refractivity contribution in [1.29, 1.82) is 0 Å². The van der Waals surface area contributed by atoms with Gasteiger partial charge in [0.1, 0.15) is 5.82 Å². The molecule has 0 bridgehead atoms. The third kappa shape index (κ3) is 4.49. The van der Waals surface area contributed by atoms with E-state index in [1.54, 1.807) is 23.2 Å². The molecule has 0 aliphatic carbocycles. The van der Waals surface area contributed by atoms with Crippen LogP contribution in [0.4, 0.5) is 15.0 Å². The molecule has 4 rings (SSSR count). The first-order chi connectivity index (χ1) is 16.2. The number of rotatable bonds is 6. The van der Waals surface area contributed by atoms with Crippen LogP contribution in [-0.4, -0.2) is 57.6 Å². The molecule has 2 N–H and O–H groups in total. The highest BCUT2D eigenvalue weighted by Gasteiger charge is 2.45. The highest BCUT2D eigenvalue weighted by atomic mass is 19.1. The summed E-state index contributed by atoms with van der Waals surface area (Å²) in [5.74, 6) is -0.993. The van der Waals surface area contributed by atoms with Crippen LogP contribution in [0, 0.1) is 5.82 Å². The zero-order valence-electron chi connectivity index (χ0n) is 19.5. The number of halogens is 1. The van der Waals surface area contributed by atoms with E-state index >= 15 is 0 Å². The fourth-order valence-corrected chi connectivity index (χ4v) is 4.01. The van der Waals surface area contributed by atoms with Gasteiger partial charge in [0, 0.05) is 18.3 Å². The number of hydrogen-bond acceptors (Lipinski definition) is 6. The first kappa shape index (κ1) is 23.4. The SMILES string of the molecule is CN(C)CC(OC(=O)N1Cc2c(NC(=O)c3ccccc3F)n[nH]c2C1(C)C)c1ccccn1. The van der Waals surface area contributed by atoms with E-state index in [1.165, 1.54) is 18.2 Å². The number of benzene rings is 1. The molecule has 10 heteroatoms. The second-order valence-corrected chi connectivity index (χ2v) is 8.89. The lowest BCUT2D eigenvalue weighted by Crippen LogP contribution is -2.42. The maximum absolute atomic E-state index is 14.0. The van der Waals surface area contributed by atoms with Crippen molar-refractivity contribution in [3.05, 3.63) is 77.0 Å². The fourth-order valence-electron chi connectivity index (χ4n) is 4.01. The maximum atomic E-state index is 14.0. The lowest BCUT2D eigenvalue weighted by Gasteiger charge is -2.32. The second-order valence-electron chi connectivity index (χ2n) is 8.89. The summed E-state index contributed by atoms with van der Waals surface area (Å²) in [5, 5.41) is 9.77. The van der Waals surface area contributed by atoms with Gasteiger partial charge in [-0.2, -0.15) is 5.10 Å². The van der Waals surface area contributed by atoms with Gasteiger partial charge in [-0.15, -0.1) is 0 Å². The minimum Gasteiger partial charge on any atom is -0.438 e. The van der Waals surface area contributed by atoms with Crippen molar-refractivity contribution >= 4 is 17.8 Å². The van der Waals surface area contributed by atoms with Crippen molar-refractivity contribution in [2.75, 3.05) is 26.0 Å². The van der Waals surface area contributed by atoms with Crippen LogP contribution in [0.15, 0.2) is 48.7 Å². The van der Waals surface area contributed by atoms with E-state index in [2.05, 4.69) is 20.5 Å². The molecule has 34 heavy (non-hydrogen) atoms. The monoisotopic (exact) mass is 466 g/mol. The predicted molar refractivity (Wildman–Crippen MR) is 124 cm³/mol. The van der Waals surface area contributed by atoms with Gasteiger partial charge in [0.15, 0.2) is 11.9 Å². The zero-order valence-corrected chi connectivity index (χ0v) is 19.5. The molecular formula is C24H27FN6O3. The van der Waals surface area contributed by atoms with Gasteiger partial charge in [0.25, 0.3) is 5.91 Å². The average molecular weight is 467 g/mol. The minimum atomic E-state index is -0.771. The largest absolute Gasteiger partial charge is 0.438 e. The molecule has 3 aromatic rings. The average Bonchev–Trinajstić information content (AvgIpc) is 3.31. The van der Waals surface area contributed by atoms with Crippen LogP contribution >= 0.6 is 0 Å². The van der Waals surface area contributed by atoms with E-state index in [0.29, 0.717) is 23.5 Å². The molecule has 1 aromatic carbocycles. The maximum Gasteiger partial charge on any atom is 0.411 e. The molecule has 9 nitrogen and oxygen atoms in total. The topological polar surface area (TPSA) is 103 Å². The Labute approximate surface area is 196 Å². The molecular weight excluding hydrogens is 439 g/mol. The number of H-pyrrole nitrogens is 1. The van der Waals surface area contributed by atoms with E-state index in [-0.39, 0.29) is 17.9 Å². The third-order valence-electron chi connectivity index (χ3n) is 5.83. The summed E-state index contributed by atoms with van der Waals surface area (Å²) < 4.78 is 19.9. The van der Waals surface area contributed by atoms with Gasteiger partial charge < -0.3 is 15.0 Å². The number of aromatic nitrogens is 3. The Hall–Kier alpha value is -3.79. The van der Waals surface area contributed by atoms with Gasteiger partial charge in [0.2, 0.25) is 0 Å². The molecule has 1 unspecified atom stereocenters. The smallest absolute Gasteiger partial charge is 0.411 e. The van der Waals surface area contributed by atoms with Gasteiger partial charge >= 0.3 is 6.09 Å². The summed E-state index contributed by atoms with van der Waals surface area (Å²) >= 11 is 0.